The molecule has 1 saturated carbocycles. The molecule has 2 aliphatic rings. The molecule has 2 heterocycles. The molecule has 0 bridgehead atoms. The lowest BCUT2D eigenvalue weighted by Gasteiger charge is -2.38. The Kier molecular flexibility index (Phi) is 3.76. The molecule has 2 aliphatic carbocycles. The fraction of sp³-hybridized carbons (Fsp3) is 0.304. The predicted molar refractivity (Wildman–Crippen MR) is 109 cm³/mol. The van der Waals surface area contributed by atoms with E-state index in [-0.39, 0.29) is 5.54 Å². The molecule has 0 spiro atoms. The van der Waals surface area contributed by atoms with Crippen molar-refractivity contribution < 1.29 is 0 Å². The first-order chi connectivity index (χ1) is 13.1. The second-order valence-corrected chi connectivity index (χ2v) is 7.88. The number of allylic oxidation sites excluding steroid dienone is 4. The fourth-order valence-corrected chi connectivity index (χ4v) is 4.16. The maximum Gasteiger partial charge on any atom is 0.158 e. The van der Waals surface area contributed by atoms with Crippen LogP contribution in [0.1, 0.15) is 48.3 Å². The van der Waals surface area contributed by atoms with E-state index in [9.17, 15) is 0 Å². The number of aromatic nitrogens is 3. The molecule has 1 fully saturated rings. The fourth-order valence-electron chi connectivity index (χ4n) is 4.16. The molecule has 0 amide bonds. The molecule has 0 radical (unpaired) electrons. The topological polar surface area (TPSA) is 56.2 Å². The van der Waals surface area contributed by atoms with Gasteiger partial charge in [0.25, 0.3) is 0 Å². The van der Waals surface area contributed by atoms with Gasteiger partial charge in [-0.05, 0) is 38.2 Å². The largest absolute Gasteiger partial charge is 0.321 e. The Hall–Kier alpha value is -2.72. The summed E-state index contributed by atoms with van der Waals surface area (Å²) < 4.78 is 1.90. The number of nitrogens with two attached hydrogens (primary N) is 1. The molecule has 3 aromatic rings. The highest BCUT2D eigenvalue weighted by atomic mass is 15.2. The zero-order valence-corrected chi connectivity index (χ0v) is 15.6. The average Bonchev–Trinajstić information content (AvgIpc) is 3.06. The van der Waals surface area contributed by atoms with E-state index in [1.54, 1.807) is 0 Å². The van der Waals surface area contributed by atoms with E-state index in [0.717, 1.165) is 41.7 Å². The highest BCUT2D eigenvalue weighted by molar-refractivity contribution is 5.68. The highest BCUT2D eigenvalue weighted by Crippen LogP contribution is 2.40. The van der Waals surface area contributed by atoms with Gasteiger partial charge in [-0.2, -0.15) is 5.10 Å². The van der Waals surface area contributed by atoms with Crippen molar-refractivity contribution in [1.82, 2.24) is 14.6 Å². The lowest BCUT2D eigenvalue weighted by molar-refractivity contribution is 0.253. The van der Waals surface area contributed by atoms with Crippen LogP contribution < -0.4 is 5.73 Å². The van der Waals surface area contributed by atoms with Gasteiger partial charge in [0.05, 0.1) is 11.9 Å². The Balaban J connectivity index is 1.63. The minimum absolute atomic E-state index is 0.127. The first-order valence-corrected chi connectivity index (χ1v) is 9.72. The molecule has 0 aliphatic heterocycles. The molecule has 2 N–H and O–H groups in total. The molecule has 1 unspecified atom stereocenters. The summed E-state index contributed by atoms with van der Waals surface area (Å²) >= 11 is 0. The number of hydrogen-bond donors (Lipinski definition) is 1. The van der Waals surface area contributed by atoms with E-state index < -0.39 is 0 Å². The molecule has 1 atom stereocenters. The summed E-state index contributed by atoms with van der Waals surface area (Å²) in [6.45, 7) is 2.06. The van der Waals surface area contributed by atoms with Gasteiger partial charge >= 0.3 is 0 Å². The SMILES string of the molecule is Cc1cnn2cc(C3C=CC=CC3)c(-c3ccc(C4(N)CCC4)cc3)nc12. The van der Waals surface area contributed by atoms with Crippen LogP contribution in [0, 0.1) is 6.92 Å². The Morgan fingerprint density at radius 2 is 1.96 bits per heavy atom. The Labute approximate surface area is 159 Å². The van der Waals surface area contributed by atoms with Gasteiger partial charge in [-0.3, -0.25) is 0 Å². The number of hydrogen-bond acceptors (Lipinski definition) is 3. The minimum atomic E-state index is -0.127. The van der Waals surface area contributed by atoms with Gasteiger partial charge in [-0.1, -0.05) is 48.6 Å². The highest BCUT2D eigenvalue weighted by Gasteiger charge is 2.34. The standard InChI is InChI=1S/C23H24N4/c1-16-14-25-27-15-20(17-6-3-2-4-7-17)21(26-22(16)27)18-8-10-19(11-9-18)23(24)12-5-13-23/h2-4,6,8-11,14-15,17H,5,7,12-13,24H2,1H3. The first kappa shape index (κ1) is 16.5. The van der Waals surface area contributed by atoms with Crippen LogP contribution in [0.4, 0.5) is 0 Å². The average molecular weight is 356 g/mol. The monoisotopic (exact) mass is 356 g/mol. The molecule has 2 aromatic heterocycles. The molecule has 0 saturated heterocycles. The third-order valence-electron chi connectivity index (χ3n) is 6.06. The van der Waals surface area contributed by atoms with Crippen LogP contribution in [0.3, 0.4) is 0 Å². The van der Waals surface area contributed by atoms with E-state index in [1.807, 2.05) is 10.7 Å². The number of aryl methyl sites for hydroxylation is 1. The van der Waals surface area contributed by atoms with Crippen molar-refractivity contribution in [2.45, 2.75) is 44.1 Å². The third kappa shape index (κ3) is 2.72. The zero-order chi connectivity index (χ0) is 18.4. The molecule has 4 nitrogen and oxygen atoms in total. The summed E-state index contributed by atoms with van der Waals surface area (Å²) in [6.07, 6.45) is 17.1. The molecular formula is C23H24N4. The molecule has 5 rings (SSSR count). The summed E-state index contributed by atoms with van der Waals surface area (Å²) in [7, 11) is 0. The Morgan fingerprint density at radius 1 is 1.15 bits per heavy atom. The van der Waals surface area contributed by atoms with Gasteiger partial charge < -0.3 is 5.73 Å². The summed E-state index contributed by atoms with van der Waals surface area (Å²) in [5.41, 5.74) is 13.0. The lowest BCUT2D eigenvalue weighted by Crippen LogP contribution is -2.43. The quantitative estimate of drug-likeness (QED) is 0.743. The molecule has 27 heavy (non-hydrogen) atoms. The van der Waals surface area contributed by atoms with Crippen molar-refractivity contribution in [2.75, 3.05) is 0 Å². The maximum atomic E-state index is 6.50. The molecule has 4 heteroatoms. The van der Waals surface area contributed by atoms with E-state index in [1.165, 1.54) is 17.5 Å². The van der Waals surface area contributed by atoms with Crippen molar-refractivity contribution in [3.05, 3.63) is 77.7 Å². The summed E-state index contributed by atoms with van der Waals surface area (Å²) in [4.78, 5) is 5.02. The summed E-state index contributed by atoms with van der Waals surface area (Å²) in [6, 6.07) is 8.73. The van der Waals surface area contributed by atoms with Crippen LogP contribution in [0.2, 0.25) is 0 Å². The second kappa shape index (κ2) is 6.17. The van der Waals surface area contributed by atoms with Crippen molar-refractivity contribution in [3.63, 3.8) is 0 Å². The number of rotatable bonds is 3. The van der Waals surface area contributed by atoms with Crippen LogP contribution in [0.25, 0.3) is 16.9 Å². The third-order valence-corrected chi connectivity index (χ3v) is 6.06. The van der Waals surface area contributed by atoms with Crippen LogP contribution in [-0.2, 0) is 5.54 Å². The van der Waals surface area contributed by atoms with Gasteiger partial charge in [0.15, 0.2) is 5.65 Å². The zero-order valence-electron chi connectivity index (χ0n) is 15.6. The van der Waals surface area contributed by atoms with E-state index in [0.29, 0.717) is 5.92 Å². The van der Waals surface area contributed by atoms with Crippen molar-refractivity contribution in [1.29, 1.82) is 0 Å². The molecular weight excluding hydrogens is 332 g/mol. The molecule has 136 valence electrons. The number of benzene rings is 1. The maximum absolute atomic E-state index is 6.50. The Bertz CT molecular complexity index is 1050. The van der Waals surface area contributed by atoms with E-state index in [4.69, 9.17) is 10.7 Å². The van der Waals surface area contributed by atoms with Gasteiger partial charge in [0.1, 0.15) is 0 Å². The second-order valence-electron chi connectivity index (χ2n) is 7.88. The molecule has 1 aromatic carbocycles. The van der Waals surface area contributed by atoms with Crippen molar-refractivity contribution in [2.24, 2.45) is 5.73 Å². The van der Waals surface area contributed by atoms with Gasteiger partial charge in [0.2, 0.25) is 0 Å². The summed E-state index contributed by atoms with van der Waals surface area (Å²) in [5, 5.41) is 4.47. The lowest BCUT2D eigenvalue weighted by atomic mass is 9.72. The first-order valence-electron chi connectivity index (χ1n) is 9.72. The van der Waals surface area contributed by atoms with Crippen LogP contribution in [0.15, 0.2) is 61.0 Å². The van der Waals surface area contributed by atoms with Gasteiger partial charge in [-0.25, -0.2) is 9.50 Å². The predicted octanol–water partition coefficient (Wildman–Crippen LogP) is 4.64. The van der Waals surface area contributed by atoms with E-state index >= 15 is 0 Å². The van der Waals surface area contributed by atoms with Gasteiger partial charge in [0, 0.05) is 34.3 Å². The minimum Gasteiger partial charge on any atom is -0.321 e. The normalized spacial score (nSPS) is 20.7. The number of nitrogens with zero attached hydrogens (tertiary/aromatic N) is 3. The Morgan fingerprint density at radius 3 is 2.63 bits per heavy atom. The smallest absolute Gasteiger partial charge is 0.158 e. The van der Waals surface area contributed by atoms with Crippen LogP contribution in [0.5, 0.6) is 0 Å². The van der Waals surface area contributed by atoms with Crippen LogP contribution in [-0.4, -0.2) is 14.6 Å². The number of fused-ring (bicyclic) bond motifs is 1. The van der Waals surface area contributed by atoms with Gasteiger partial charge in [-0.15, -0.1) is 0 Å². The van der Waals surface area contributed by atoms with E-state index in [2.05, 4.69) is 66.8 Å². The van der Waals surface area contributed by atoms with Crippen LogP contribution >= 0.6 is 0 Å². The van der Waals surface area contributed by atoms with Crippen molar-refractivity contribution in [3.8, 4) is 11.3 Å². The summed E-state index contributed by atoms with van der Waals surface area (Å²) in [5.74, 6) is 0.318. The van der Waals surface area contributed by atoms with Crippen molar-refractivity contribution >= 4 is 5.65 Å².